The smallest absolute Gasteiger partial charge is 0.310 e. The number of β-amino-alcohol motifs (C(OH)–C–C–N with tert-alkyl or cyclic N) is 1. The van der Waals surface area contributed by atoms with Crippen LogP contribution < -0.4 is 0 Å². The molecule has 1 aliphatic rings. The molecular weight excluding hydrogens is 314 g/mol. The third-order valence-electron chi connectivity index (χ3n) is 6.30. The minimum Gasteiger partial charge on any atom is -0.481 e. The van der Waals surface area contributed by atoms with Gasteiger partial charge in [0, 0.05) is 23.0 Å². The van der Waals surface area contributed by atoms with Crippen molar-refractivity contribution in [2.24, 2.45) is 11.3 Å². The quantitative estimate of drug-likeness (QED) is 0.571. The highest BCUT2D eigenvalue weighted by atomic mass is 16.4. The summed E-state index contributed by atoms with van der Waals surface area (Å²) < 4.78 is 0. The van der Waals surface area contributed by atoms with Gasteiger partial charge in [0.25, 0.3) is 0 Å². The van der Waals surface area contributed by atoms with E-state index in [1.165, 1.54) is 0 Å². The van der Waals surface area contributed by atoms with E-state index >= 15 is 0 Å². The molecule has 2 atom stereocenters. The molecule has 7 heteroatoms. The van der Waals surface area contributed by atoms with Crippen molar-refractivity contribution in [2.75, 3.05) is 13.2 Å². The van der Waals surface area contributed by atoms with Crippen LogP contribution in [0, 0.1) is 11.3 Å². The standard InChI is InChI=1S/C17H31NO6/c1-14(2)10-17(24,11(13(22)23)9-12(20)21)15(3,4)16(5,6)18(14)7-8-19/h11,19,24H,7-10H2,1-6H3,(H,20,21)(H,22,23). The lowest BCUT2D eigenvalue weighted by Gasteiger charge is -2.67. The molecule has 140 valence electrons. The largest absolute Gasteiger partial charge is 0.481 e. The summed E-state index contributed by atoms with van der Waals surface area (Å²) in [6.07, 6.45) is -0.540. The third kappa shape index (κ3) is 3.05. The highest BCUT2D eigenvalue weighted by Crippen LogP contribution is 2.57. The molecule has 0 saturated carbocycles. The number of carboxylic acids is 2. The van der Waals surface area contributed by atoms with Crippen LogP contribution in [0.25, 0.3) is 0 Å². The maximum absolute atomic E-state index is 11.8. The minimum absolute atomic E-state index is 0.0567. The van der Waals surface area contributed by atoms with Gasteiger partial charge in [0.1, 0.15) is 0 Å². The summed E-state index contributed by atoms with van der Waals surface area (Å²) in [5.74, 6) is -3.98. The number of rotatable bonds is 6. The van der Waals surface area contributed by atoms with Gasteiger partial charge in [-0.15, -0.1) is 0 Å². The average Bonchev–Trinajstić information content (AvgIpc) is 2.38. The molecule has 1 fully saturated rings. The van der Waals surface area contributed by atoms with Gasteiger partial charge in [-0.2, -0.15) is 0 Å². The summed E-state index contributed by atoms with van der Waals surface area (Å²) in [5, 5.41) is 39.7. The first-order valence-corrected chi connectivity index (χ1v) is 8.20. The summed E-state index contributed by atoms with van der Waals surface area (Å²) in [4.78, 5) is 25.0. The van der Waals surface area contributed by atoms with E-state index in [1.807, 2.05) is 27.7 Å². The van der Waals surface area contributed by atoms with Gasteiger partial charge in [0.15, 0.2) is 0 Å². The molecule has 0 aromatic carbocycles. The molecule has 0 amide bonds. The number of nitrogens with zero attached hydrogens (tertiary/aromatic N) is 1. The van der Waals surface area contributed by atoms with Crippen LogP contribution in [-0.2, 0) is 9.59 Å². The molecule has 0 aromatic heterocycles. The van der Waals surface area contributed by atoms with Crippen molar-refractivity contribution in [1.82, 2.24) is 4.90 Å². The highest BCUT2D eigenvalue weighted by molar-refractivity contribution is 5.79. The first-order chi connectivity index (χ1) is 10.6. The molecule has 24 heavy (non-hydrogen) atoms. The molecule has 0 aromatic rings. The number of hydrogen-bond acceptors (Lipinski definition) is 5. The summed E-state index contributed by atoms with van der Waals surface area (Å²) in [5.41, 5.74) is -3.92. The van der Waals surface area contributed by atoms with Crippen LogP contribution >= 0.6 is 0 Å². The van der Waals surface area contributed by atoms with E-state index in [-0.39, 0.29) is 13.0 Å². The van der Waals surface area contributed by atoms with Gasteiger partial charge >= 0.3 is 11.9 Å². The van der Waals surface area contributed by atoms with E-state index in [4.69, 9.17) is 5.11 Å². The molecule has 0 aliphatic carbocycles. The Balaban J connectivity index is 3.53. The predicted octanol–water partition coefficient (Wildman–Crippen LogP) is 1.17. The fourth-order valence-corrected chi connectivity index (χ4v) is 4.48. The van der Waals surface area contributed by atoms with E-state index in [0.29, 0.717) is 6.54 Å². The van der Waals surface area contributed by atoms with Crippen molar-refractivity contribution in [3.05, 3.63) is 0 Å². The van der Waals surface area contributed by atoms with Crippen LogP contribution in [0.15, 0.2) is 0 Å². The lowest BCUT2D eigenvalue weighted by molar-refractivity contribution is -0.247. The SMILES string of the molecule is CC1(C)CC(O)(C(CC(=O)O)C(=O)O)C(C)(C)C(C)(C)N1CCO. The molecule has 1 rings (SSSR count). The highest BCUT2D eigenvalue weighted by Gasteiger charge is 2.66. The van der Waals surface area contributed by atoms with Crippen molar-refractivity contribution in [3.63, 3.8) is 0 Å². The Labute approximate surface area is 143 Å². The lowest BCUT2D eigenvalue weighted by Crippen LogP contribution is -2.76. The maximum atomic E-state index is 11.8. The minimum atomic E-state index is -1.71. The van der Waals surface area contributed by atoms with Gasteiger partial charge in [-0.05, 0) is 34.1 Å². The van der Waals surface area contributed by atoms with Crippen LogP contribution in [0.5, 0.6) is 0 Å². The lowest BCUT2D eigenvalue weighted by atomic mass is 9.51. The Bertz CT molecular complexity index is 513. The number of aliphatic hydroxyl groups is 2. The molecule has 0 radical (unpaired) electrons. The second-order valence-corrected chi connectivity index (χ2v) is 8.46. The van der Waals surface area contributed by atoms with E-state index in [9.17, 15) is 24.9 Å². The van der Waals surface area contributed by atoms with Crippen molar-refractivity contribution in [1.29, 1.82) is 0 Å². The second-order valence-electron chi connectivity index (χ2n) is 8.46. The van der Waals surface area contributed by atoms with Gasteiger partial charge in [0.2, 0.25) is 0 Å². The number of piperidine rings is 1. The number of aliphatic hydroxyl groups excluding tert-OH is 1. The topological polar surface area (TPSA) is 118 Å². The van der Waals surface area contributed by atoms with E-state index in [0.717, 1.165) is 0 Å². The molecule has 1 aliphatic heterocycles. The van der Waals surface area contributed by atoms with Crippen LogP contribution in [-0.4, -0.2) is 67.1 Å². The zero-order valence-electron chi connectivity index (χ0n) is 15.5. The van der Waals surface area contributed by atoms with Gasteiger partial charge in [-0.3, -0.25) is 14.5 Å². The van der Waals surface area contributed by atoms with Crippen molar-refractivity contribution >= 4 is 11.9 Å². The molecular formula is C17H31NO6. The first-order valence-electron chi connectivity index (χ1n) is 8.20. The normalized spacial score (nSPS) is 29.8. The summed E-state index contributed by atoms with van der Waals surface area (Å²) in [6.45, 7) is 11.4. The number of hydrogen-bond donors (Lipinski definition) is 4. The van der Waals surface area contributed by atoms with Crippen molar-refractivity contribution in [2.45, 2.75) is 71.1 Å². The maximum Gasteiger partial charge on any atom is 0.310 e. The zero-order chi connectivity index (χ0) is 19.1. The van der Waals surface area contributed by atoms with Gasteiger partial charge in [-0.25, -0.2) is 0 Å². The predicted molar refractivity (Wildman–Crippen MR) is 88.7 cm³/mol. The Kier molecular flexibility index (Phi) is 5.46. The number of carbonyl (C=O) groups is 2. The zero-order valence-corrected chi connectivity index (χ0v) is 15.5. The molecule has 4 N–H and O–H groups in total. The van der Waals surface area contributed by atoms with Gasteiger partial charge < -0.3 is 20.4 Å². The Morgan fingerprint density at radius 3 is 1.96 bits per heavy atom. The van der Waals surface area contributed by atoms with Crippen LogP contribution in [0.3, 0.4) is 0 Å². The van der Waals surface area contributed by atoms with Crippen LogP contribution in [0.4, 0.5) is 0 Å². The first kappa shape index (κ1) is 20.9. The second kappa shape index (κ2) is 6.28. The molecule has 7 nitrogen and oxygen atoms in total. The van der Waals surface area contributed by atoms with Gasteiger partial charge in [0.05, 0.1) is 24.5 Å². The number of aliphatic carboxylic acids is 2. The summed E-state index contributed by atoms with van der Waals surface area (Å²) in [6, 6.07) is 0. The molecule has 1 heterocycles. The Hall–Kier alpha value is -1.18. The molecule has 2 unspecified atom stereocenters. The van der Waals surface area contributed by atoms with Crippen LogP contribution in [0.2, 0.25) is 0 Å². The Morgan fingerprint density at radius 1 is 1.08 bits per heavy atom. The molecule has 0 bridgehead atoms. The Morgan fingerprint density at radius 2 is 1.58 bits per heavy atom. The monoisotopic (exact) mass is 345 g/mol. The molecule has 1 saturated heterocycles. The molecule has 0 spiro atoms. The van der Waals surface area contributed by atoms with E-state index in [2.05, 4.69) is 4.90 Å². The van der Waals surface area contributed by atoms with Crippen molar-refractivity contribution < 1.29 is 30.0 Å². The fourth-order valence-electron chi connectivity index (χ4n) is 4.48. The summed E-state index contributed by atoms with van der Waals surface area (Å²) >= 11 is 0. The average molecular weight is 345 g/mol. The number of carboxylic acid groups (broad SMARTS) is 2. The van der Waals surface area contributed by atoms with Gasteiger partial charge in [-0.1, -0.05) is 13.8 Å². The summed E-state index contributed by atoms with van der Waals surface area (Å²) in [7, 11) is 0. The number of likely N-dealkylation sites (tertiary alicyclic amines) is 1. The van der Waals surface area contributed by atoms with E-state index in [1.54, 1.807) is 13.8 Å². The third-order valence-corrected chi connectivity index (χ3v) is 6.30. The van der Waals surface area contributed by atoms with Crippen LogP contribution in [0.1, 0.15) is 54.4 Å². The van der Waals surface area contributed by atoms with E-state index < -0.39 is 46.4 Å². The fraction of sp³-hybridized carbons (Fsp3) is 0.882. The van der Waals surface area contributed by atoms with Crippen molar-refractivity contribution in [3.8, 4) is 0 Å².